The minimum Gasteiger partial charge on any atom is -0.427 e. The van der Waals surface area contributed by atoms with Crippen LogP contribution in [0.25, 0.3) is 27.6 Å². The number of ether oxygens (including phenoxy) is 1. The van der Waals surface area contributed by atoms with E-state index in [4.69, 9.17) is 9.72 Å². The van der Waals surface area contributed by atoms with Gasteiger partial charge in [-0.2, -0.15) is 4.98 Å². The molecule has 38 heavy (non-hydrogen) atoms. The van der Waals surface area contributed by atoms with Crippen LogP contribution in [0.4, 0.5) is 11.6 Å². The van der Waals surface area contributed by atoms with Crippen LogP contribution in [0.2, 0.25) is 0 Å². The molecule has 194 valence electrons. The van der Waals surface area contributed by atoms with Gasteiger partial charge in [-0.3, -0.25) is 9.59 Å². The molecule has 0 fully saturated rings. The summed E-state index contributed by atoms with van der Waals surface area (Å²) in [6.45, 7) is 7.24. The smallest absolute Gasteiger partial charge is 0.308 e. The maximum Gasteiger partial charge on any atom is 0.308 e. The second-order valence-corrected chi connectivity index (χ2v) is 9.22. The van der Waals surface area contributed by atoms with Gasteiger partial charge < -0.3 is 19.5 Å². The Bertz CT molecular complexity index is 1710. The number of carbonyl (C=O) groups is 1. The Labute approximate surface area is 219 Å². The number of hydrogen-bond acceptors (Lipinski definition) is 7. The van der Waals surface area contributed by atoms with E-state index >= 15 is 0 Å². The maximum atomic E-state index is 13.2. The number of hydrogen-bond donors (Lipinski definition) is 1. The number of aromatic nitrogens is 5. The molecule has 0 atom stereocenters. The molecule has 3 heterocycles. The van der Waals surface area contributed by atoms with E-state index in [0.717, 1.165) is 29.7 Å². The molecule has 0 amide bonds. The van der Waals surface area contributed by atoms with Crippen LogP contribution < -0.4 is 15.6 Å². The Morgan fingerprint density at radius 2 is 2.03 bits per heavy atom. The van der Waals surface area contributed by atoms with Crippen molar-refractivity contribution in [2.45, 2.75) is 20.0 Å². The third-order valence-corrected chi connectivity index (χ3v) is 6.12. The number of benzene rings is 2. The number of likely N-dealkylation sites (N-methyl/N-ethyl adjacent to an activating group) is 1. The molecular weight excluding hydrogens is 482 g/mol. The average Bonchev–Trinajstić information content (AvgIpc) is 3.40. The minimum atomic E-state index is -0.429. The van der Waals surface area contributed by atoms with Crippen LogP contribution in [0.1, 0.15) is 6.92 Å². The molecule has 0 unspecified atom stereocenters. The topological polar surface area (TPSA) is 99.2 Å². The zero-order valence-electron chi connectivity index (χ0n) is 21.6. The lowest BCUT2D eigenvalue weighted by Crippen LogP contribution is -2.21. The molecule has 3 aromatic heterocycles. The third-order valence-electron chi connectivity index (χ3n) is 6.12. The summed E-state index contributed by atoms with van der Waals surface area (Å²) in [5.74, 6) is 0.291. The molecule has 0 aliphatic heterocycles. The summed E-state index contributed by atoms with van der Waals surface area (Å²) in [6, 6.07) is 15.1. The quantitative estimate of drug-likeness (QED) is 0.182. The zero-order valence-corrected chi connectivity index (χ0v) is 21.6. The van der Waals surface area contributed by atoms with Crippen LogP contribution in [0.3, 0.4) is 0 Å². The second-order valence-electron chi connectivity index (χ2n) is 9.22. The molecule has 0 radical (unpaired) electrons. The number of esters is 1. The first-order valence-corrected chi connectivity index (χ1v) is 12.2. The lowest BCUT2D eigenvalue weighted by molar-refractivity contribution is -0.131. The number of nitrogens with zero attached hydrogens (tertiary/aromatic N) is 6. The van der Waals surface area contributed by atoms with Gasteiger partial charge in [0.2, 0.25) is 5.95 Å². The van der Waals surface area contributed by atoms with Gasteiger partial charge in [-0.05, 0) is 50.5 Å². The molecule has 5 aromatic rings. The summed E-state index contributed by atoms with van der Waals surface area (Å²) >= 11 is 0. The SMILES string of the molecule is C=CCn1c(=O)c2cnc(Nc3ccc4c(ccn4CCN(C)C)c3)nc2n1-c1cccc(OC(C)=O)c1. The van der Waals surface area contributed by atoms with E-state index < -0.39 is 5.97 Å². The highest BCUT2D eigenvalue weighted by Crippen LogP contribution is 2.24. The highest BCUT2D eigenvalue weighted by Gasteiger charge is 2.18. The van der Waals surface area contributed by atoms with Crippen molar-refractivity contribution in [1.29, 1.82) is 0 Å². The van der Waals surface area contributed by atoms with Crippen LogP contribution in [0.5, 0.6) is 5.75 Å². The second kappa shape index (κ2) is 10.3. The Morgan fingerprint density at radius 1 is 1.18 bits per heavy atom. The zero-order chi connectivity index (χ0) is 26.8. The lowest BCUT2D eigenvalue weighted by Gasteiger charge is -2.13. The van der Waals surface area contributed by atoms with Crippen molar-refractivity contribution in [3.05, 3.63) is 83.9 Å². The van der Waals surface area contributed by atoms with Gasteiger partial charge in [0.15, 0.2) is 5.65 Å². The van der Waals surface area contributed by atoms with Crippen molar-refractivity contribution in [2.75, 3.05) is 26.0 Å². The predicted octanol–water partition coefficient (Wildman–Crippen LogP) is 3.95. The van der Waals surface area contributed by atoms with Crippen LogP contribution in [-0.2, 0) is 17.9 Å². The Morgan fingerprint density at radius 3 is 2.79 bits per heavy atom. The van der Waals surface area contributed by atoms with Crippen molar-refractivity contribution in [3.8, 4) is 11.4 Å². The molecule has 1 N–H and O–H groups in total. The monoisotopic (exact) mass is 511 g/mol. The van der Waals surface area contributed by atoms with Crippen molar-refractivity contribution >= 4 is 39.5 Å². The van der Waals surface area contributed by atoms with Crippen molar-refractivity contribution in [2.24, 2.45) is 0 Å². The third kappa shape index (κ3) is 4.94. The predicted molar refractivity (Wildman–Crippen MR) is 148 cm³/mol. The number of allylic oxidation sites excluding steroid dienone is 1. The number of carbonyl (C=O) groups excluding carboxylic acids is 1. The molecule has 0 bridgehead atoms. The van der Waals surface area contributed by atoms with Gasteiger partial charge >= 0.3 is 5.97 Å². The maximum absolute atomic E-state index is 13.2. The molecule has 0 aliphatic rings. The van der Waals surface area contributed by atoms with Gasteiger partial charge in [0.05, 0.1) is 12.2 Å². The molecule has 0 spiro atoms. The van der Waals surface area contributed by atoms with Gasteiger partial charge in [0.25, 0.3) is 5.56 Å². The Balaban J connectivity index is 1.53. The van der Waals surface area contributed by atoms with Gasteiger partial charge in [-0.1, -0.05) is 12.1 Å². The fourth-order valence-corrected chi connectivity index (χ4v) is 4.39. The van der Waals surface area contributed by atoms with Gasteiger partial charge in [-0.15, -0.1) is 6.58 Å². The molecule has 0 aliphatic carbocycles. The summed E-state index contributed by atoms with van der Waals surface area (Å²) in [6.07, 6.45) is 5.25. The van der Waals surface area contributed by atoms with E-state index in [1.54, 1.807) is 29.0 Å². The van der Waals surface area contributed by atoms with Gasteiger partial charge in [0, 0.05) is 55.1 Å². The standard InChI is InChI=1S/C28H29N7O3/c1-5-12-34-27(37)24-18-29-28(31-26(24)35(34)22-7-6-8-23(17-22)38-19(2)36)30-21-9-10-25-20(16-21)11-13-33(25)15-14-32(3)4/h5-11,13,16-18H,1,12,14-15H2,2-4H3,(H,29,30,31). The fourth-order valence-electron chi connectivity index (χ4n) is 4.39. The minimum absolute atomic E-state index is 0.246. The first-order chi connectivity index (χ1) is 18.3. The molecule has 5 rings (SSSR count). The first-order valence-electron chi connectivity index (χ1n) is 12.2. The number of anilines is 2. The van der Waals surface area contributed by atoms with Gasteiger partial charge in [-0.25, -0.2) is 14.3 Å². The average molecular weight is 512 g/mol. The molecule has 0 saturated carbocycles. The van der Waals surface area contributed by atoms with Crippen molar-refractivity contribution < 1.29 is 9.53 Å². The Hall–Kier alpha value is -4.70. The largest absolute Gasteiger partial charge is 0.427 e. The van der Waals surface area contributed by atoms with E-state index in [2.05, 4.69) is 58.8 Å². The molecule has 10 heteroatoms. The van der Waals surface area contributed by atoms with E-state index in [0.29, 0.717) is 28.4 Å². The summed E-state index contributed by atoms with van der Waals surface area (Å²) in [5.41, 5.74) is 2.77. The molecule has 10 nitrogen and oxygen atoms in total. The van der Waals surface area contributed by atoms with Gasteiger partial charge in [0.1, 0.15) is 11.1 Å². The highest BCUT2D eigenvalue weighted by molar-refractivity contribution is 5.85. The molecule has 0 saturated heterocycles. The van der Waals surface area contributed by atoms with Crippen molar-refractivity contribution in [1.82, 2.24) is 28.8 Å². The first kappa shape index (κ1) is 25.0. The number of fused-ring (bicyclic) bond motifs is 2. The van der Waals surface area contributed by atoms with Crippen LogP contribution in [0, 0.1) is 0 Å². The summed E-state index contributed by atoms with van der Waals surface area (Å²) in [5, 5.41) is 4.74. The highest BCUT2D eigenvalue weighted by atomic mass is 16.5. The summed E-state index contributed by atoms with van der Waals surface area (Å²) in [4.78, 5) is 35.9. The fraction of sp³-hybridized carbons (Fsp3) is 0.214. The molecule has 2 aromatic carbocycles. The van der Waals surface area contributed by atoms with E-state index in [1.807, 2.05) is 18.2 Å². The molecular formula is C28H29N7O3. The lowest BCUT2D eigenvalue weighted by atomic mass is 10.2. The summed E-state index contributed by atoms with van der Waals surface area (Å²) in [7, 11) is 4.12. The van der Waals surface area contributed by atoms with Crippen LogP contribution >= 0.6 is 0 Å². The van der Waals surface area contributed by atoms with E-state index in [-0.39, 0.29) is 12.1 Å². The van der Waals surface area contributed by atoms with Crippen molar-refractivity contribution in [3.63, 3.8) is 0 Å². The van der Waals surface area contributed by atoms with E-state index in [1.165, 1.54) is 17.8 Å². The van der Waals surface area contributed by atoms with Crippen LogP contribution in [0.15, 0.2) is 78.4 Å². The number of rotatable bonds is 9. The van der Waals surface area contributed by atoms with E-state index in [9.17, 15) is 9.59 Å². The normalized spacial score (nSPS) is 11.4. The number of nitrogens with one attached hydrogen (secondary N) is 1. The Kier molecular flexibility index (Phi) is 6.80. The van der Waals surface area contributed by atoms with Crippen LogP contribution in [-0.4, -0.2) is 55.4 Å². The summed E-state index contributed by atoms with van der Waals surface area (Å²) < 4.78 is 10.7.